The van der Waals surface area contributed by atoms with Gasteiger partial charge in [-0.05, 0) is 18.9 Å². The van der Waals surface area contributed by atoms with Crippen LogP contribution in [-0.2, 0) is 26.7 Å². The molecule has 0 aliphatic carbocycles. The molecule has 0 aliphatic heterocycles. The van der Waals surface area contributed by atoms with Crippen molar-refractivity contribution in [2.24, 2.45) is 7.05 Å². The van der Waals surface area contributed by atoms with Crippen LogP contribution in [0.1, 0.15) is 19.3 Å². The van der Waals surface area contributed by atoms with Gasteiger partial charge in [-0.3, -0.25) is 14.3 Å². The molecule has 3 N–H and O–H groups in total. The molecule has 20 heavy (non-hydrogen) atoms. The number of aryl methyl sites for hydroxylation is 1. The number of carbonyl (C=O) groups is 2. The number of sulfonamides is 1. The van der Waals surface area contributed by atoms with Gasteiger partial charge in [0.2, 0.25) is 0 Å². The SMILES string of the molecule is Cn1nccc1S(=O)(=O)N[C@H](CCCC(=O)O)C(=O)O. The zero-order chi connectivity index (χ0) is 15.3. The molecule has 112 valence electrons. The third kappa shape index (κ3) is 4.31. The van der Waals surface area contributed by atoms with E-state index in [4.69, 9.17) is 10.2 Å². The fourth-order valence-electron chi connectivity index (χ4n) is 1.56. The molecule has 1 aromatic heterocycles. The molecule has 1 aromatic rings. The smallest absolute Gasteiger partial charge is 0.321 e. The lowest BCUT2D eigenvalue weighted by Gasteiger charge is -2.14. The minimum absolute atomic E-state index is 0.0558. The Labute approximate surface area is 115 Å². The Morgan fingerprint density at radius 3 is 2.55 bits per heavy atom. The summed E-state index contributed by atoms with van der Waals surface area (Å²) in [4.78, 5) is 21.4. The second kappa shape index (κ2) is 6.48. The fourth-order valence-corrected chi connectivity index (χ4v) is 2.91. The molecule has 0 saturated heterocycles. The maximum Gasteiger partial charge on any atom is 0.321 e. The molecular formula is C10H15N3O6S. The standard InChI is InChI=1S/C10H15N3O6S/c1-13-8(5-6-11-13)20(18,19)12-7(10(16)17)3-2-4-9(14)15/h5-7,12H,2-4H2,1H3,(H,14,15)(H,16,17)/t7-/m1/s1. The van der Waals surface area contributed by atoms with E-state index in [1.54, 1.807) is 0 Å². The van der Waals surface area contributed by atoms with E-state index in [2.05, 4.69) is 5.10 Å². The van der Waals surface area contributed by atoms with Crippen molar-refractivity contribution in [3.05, 3.63) is 12.3 Å². The summed E-state index contributed by atoms with van der Waals surface area (Å²) in [5.41, 5.74) is 0. The average molecular weight is 305 g/mol. The quantitative estimate of drug-likeness (QED) is 0.583. The number of rotatable bonds is 8. The van der Waals surface area contributed by atoms with Crippen molar-refractivity contribution in [2.45, 2.75) is 30.3 Å². The van der Waals surface area contributed by atoms with Gasteiger partial charge in [0.15, 0.2) is 5.03 Å². The maximum absolute atomic E-state index is 12.0. The Bertz CT molecular complexity index is 594. The van der Waals surface area contributed by atoms with Gasteiger partial charge in [0.05, 0.1) is 6.20 Å². The lowest BCUT2D eigenvalue weighted by atomic mass is 10.1. The minimum Gasteiger partial charge on any atom is -0.481 e. The van der Waals surface area contributed by atoms with Crippen LogP contribution in [0, 0.1) is 0 Å². The Balaban J connectivity index is 2.78. The van der Waals surface area contributed by atoms with Gasteiger partial charge in [-0.2, -0.15) is 9.82 Å². The van der Waals surface area contributed by atoms with Gasteiger partial charge in [0, 0.05) is 13.5 Å². The number of nitrogens with zero attached hydrogens (tertiary/aromatic N) is 2. The first kappa shape index (κ1) is 16.1. The van der Waals surface area contributed by atoms with E-state index in [0.717, 1.165) is 4.68 Å². The van der Waals surface area contributed by atoms with Gasteiger partial charge in [0.1, 0.15) is 6.04 Å². The van der Waals surface area contributed by atoms with E-state index in [1.165, 1.54) is 19.3 Å². The molecule has 0 aliphatic rings. The Morgan fingerprint density at radius 2 is 2.10 bits per heavy atom. The zero-order valence-electron chi connectivity index (χ0n) is 10.7. The molecule has 0 fully saturated rings. The summed E-state index contributed by atoms with van der Waals surface area (Å²) < 4.78 is 27.1. The second-order valence-corrected chi connectivity index (χ2v) is 5.75. The summed E-state index contributed by atoms with van der Waals surface area (Å²) in [6.45, 7) is 0. The molecule has 1 rings (SSSR count). The third-order valence-corrected chi connectivity index (χ3v) is 4.08. The Morgan fingerprint density at radius 1 is 1.45 bits per heavy atom. The fraction of sp³-hybridized carbons (Fsp3) is 0.500. The number of nitrogens with one attached hydrogen (secondary N) is 1. The van der Waals surface area contributed by atoms with Gasteiger partial charge >= 0.3 is 11.9 Å². The van der Waals surface area contributed by atoms with Gasteiger partial charge in [0.25, 0.3) is 10.0 Å². The molecular weight excluding hydrogens is 290 g/mol. The van der Waals surface area contributed by atoms with Crippen LogP contribution in [-0.4, -0.2) is 46.4 Å². The lowest BCUT2D eigenvalue weighted by Crippen LogP contribution is -2.41. The maximum atomic E-state index is 12.0. The number of aliphatic carboxylic acids is 2. The highest BCUT2D eigenvalue weighted by Crippen LogP contribution is 2.10. The zero-order valence-corrected chi connectivity index (χ0v) is 11.5. The van der Waals surface area contributed by atoms with Gasteiger partial charge in [-0.25, -0.2) is 8.42 Å². The average Bonchev–Trinajstić information content (AvgIpc) is 2.74. The molecule has 0 spiro atoms. The number of aromatic nitrogens is 2. The van der Waals surface area contributed by atoms with E-state index < -0.39 is 28.0 Å². The molecule has 0 radical (unpaired) electrons. The van der Waals surface area contributed by atoms with Crippen LogP contribution >= 0.6 is 0 Å². The highest BCUT2D eigenvalue weighted by atomic mass is 32.2. The van der Waals surface area contributed by atoms with Crippen LogP contribution in [0.3, 0.4) is 0 Å². The normalized spacial score (nSPS) is 13.1. The largest absolute Gasteiger partial charge is 0.481 e. The minimum atomic E-state index is -4.02. The molecule has 1 atom stereocenters. The molecule has 0 saturated carbocycles. The van der Waals surface area contributed by atoms with Crippen LogP contribution in [0.4, 0.5) is 0 Å². The summed E-state index contributed by atoms with van der Waals surface area (Å²) in [5.74, 6) is -2.43. The van der Waals surface area contributed by atoms with Crippen molar-refractivity contribution >= 4 is 22.0 Å². The van der Waals surface area contributed by atoms with Crippen molar-refractivity contribution < 1.29 is 28.2 Å². The first-order chi connectivity index (χ1) is 9.24. The van der Waals surface area contributed by atoms with Crippen molar-refractivity contribution in [1.82, 2.24) is 14.5 Å². The molecule has 0 aromatic carbocycles. The number of hydrogen-bond donors (Lipinski definition) is 3. The third-order valence-electron chi connectivity index (χ3n) is 2.53. The predicted molar refractivity (Wildman–Crippen MR) is 66.4 cm³/mol. The number of hydrogen-bond acceptors (Lipinski definition) is 5. The number of carboxylic acid groups (broad SMARTS) is 2. The molecule has 0 unspecified atom stereocenters. The summed E-state index contributed by atoms with van der Waals surface area (Å²) >= 11 is 0. The highest BCUT2D eigenvalue weighted by molar-refractivity contribution is 7.89. The van der Waals surface area contributed by atoms with Crippen molar-refractivity contribution in [3.63, 3.8) is 0 Å². The highest BCUT2D eigenvalue weighted by Gasteiger charge is 2.27. The van der Waals surface area contributed by atoms with Gasteiger partial charge < -0.3 is 10.2 Å². The van der Waals surface area contributed by atoms with E-state index in [0.29, 0.717) is 0 Å². The Hall–Kier alpha value is -1.94. The van der Waals surface area contributed by atoms with E-state index in [-0.39, 0.29) is 24.3 Å². The van der Waals surface area contributed by atoms with Crippen molar-refractivity contribution in [3.8, 4) is 0 Å². The molecule has 9 nitrogen and oxygen atoms in total. The van der Waals surface area contributed by atoms with Crippen LogP contribution in [0.25, 0.3) is 0 Å². The van der Waals surface area contributed by atoms with E-state index in [1.807, 2.05) is 4.72 Å². The second-order valence-electron chi connectivity index (χ2n) is 4.09. The van der Waals surface area contributed by atoms with Crippen LogP contribution < -0.4 is 4.72 Å². The molecule has 0 bridgehead atoms. The topological polar surface area (TPSA) is 139 Å². The van der Waals surface area contributed by atoms with Gasteiger partial charge in [-0.15, -0.1) is 0 Å². The van der Waals surface area contributed by atoms with Crippen molar-refractivity contribution in [2.75, 3.05) is 0 Å². The van der Waals surface area contributed by atoms with Crippen LogP contribution in [0.2, 0.25) is 0 Å². The van der Waals surface area contributed by atoms with E-state index >= 15 is 0 Å². The summed E-state index contributed by atoms with van der Waals surface area (Å²) in [6.07, 6.45) is 0.991. The van der Waals surface area contributed by atoms with E-state index in [9.17, 15) is 18.0 Å². The molecule has 10 heteroatoms. The first-order valence-electron chi connectivity index (χ1n) is 5.69. The molecule has 0 amide bonds. The summed E-state index contributed by atoms with van der Waals surface area (Å²) in [5, 5.41) is 21.0. The number of carboxylic acids is 2. The summed E-state index contributed by atoms with van der Waals surface area (Å²) in [7, 11) is -2.61. The predicted octanol–water partition coefficient (Wildman–Crippen LogP) is -0.593. The monoisotopic (exact) mass is 305 g/mol. The first-order valence-corrected chi connectivity index (χ1v) is 7.17. The van der Waals surface area contributed by atoms with Crippen LogP contribution in [0.15, 0.2) is 17.3 Å². The molecule has 1 heterocycles. The van der Waals surface area contributed by atoms with Gasteiger partial charge in [-0.1, -0.05) is 0 Å². The van der Waals surface area contributed by atoms with Crippen LogP contribution in [0.5, 0.6) is 0 Å². The lowest BCUT2D eigenvalue weighted by molar-refractivity contribution is -0.140. The van der Waals surface area contributed by atoms with Crippen molar-refractivity contribution in [1.29, 1.82) is 0 Å². The summed E-state index contributed by atoms with van der Waals surface area (Å²) in [6, 6.07) is -0.146. The Kier molecular flexibility index (Phi) is 5.22.